The average molecular weight is 751 g/mol. The Bertz CT molecular complexity index is 1470. The summed E-state index contributed by atoms with van der Waals surface area (Å²) < 4.78 is 45.8. The Kier molecular flexibility index (Phi) is 9.88. The molecule has 1 saturated heterocycles. The van der Waals surface area contributed by atoms with E-state index in [-0.39, 0.29) is 12.1 Å². The van der Waals surface area contributed by atoms with E-state index >= 15 is 0 Å². The number of hydrogen-bond acceptors (Lipinski definition) is 3. The van der Waals surface area contributed by atoms with Crippen LogP contribution in [0.25, 0.3) is 0 Å². The second kappa shape index (κ2) is 13.6. The zero-order valence-electron chi connectivity index (χ0n) is 28.7. The Balaban J connectivity index is 1.33. The summed E-state index contributed by atoms with van der Waals surface area (Å²) in [5.41, 5.74) is 3.90. The number of nitrogens with zero attached hydrogens (tertiary/aromatic N) is 1. The summed E-state index contributed by atoms with van der Waals surface area (Å²) in [6.45, 7) is 10.4. The minimum absolute atomic E-state index is 0.0964. The van der Waals surface area contributed by atoms with Crippen molar-refractivity contribution < 1.29 is 13.2 Å². The summed E-state index contributed by atoms with van der Waals surface area (Å²) in [5, 5.41) is 0. The van der Waals surface area contributed by atoms with Crippen LogP contribution in [0, 0.1) is 48.3 Å². The van der Waals surface area contributed by atoms with Crippen LogP contribution in [0.15, 0.2) is 69.2 Å². The van der Waals surface area contributed by atoms with E-state index in [1.807, 2.05) is 31.2 Å². The molecule has 250 valence electrons. The first-order valence-corrected chi connectivity index (χ1v) is 27.9. The van der Waals surface area contributed by atoms with Crippen LogP contribution in [0.4, 0.5) is 0 Å². The molecule has 1 unspecified atom stereocenters. The third-order valence-corrected chi connectivity index (χ3v) is 29.4. The molecule has 0 spiro atoms. The van der Waals surface area contributed by atoms with Crippen LogP contribution >= 0.6 is 0 Å². The van der Waals surface area contributed by atoms with Gasteiger partial charge in [0, 0.05) is 0 Å². The van der Waals surface area contributed by atoms with Gasteiger partial charge in [0.2, 0.25) is 0 Å². The van der Waals surface area contributed by atoms with Crippen molar-refractivity contribution >= 4 is 28.4 Å². The number of sulfonamides is 1. The third kappa shape index (κ3) is 5.79. The molecule has 4 bridgehead atoms. The number of benzene rings is 2. The molecule has 1 heterocycles. The number of hydrogen-bond donors (Lipinski definition) is 0. The molecule has 4 aliphatic carbocycles. The molecule has 0 amide bonds. The van der Waals surface area contributed by atoms with Gasteiger partial charge in [-0.05, 0) is 0 Å². The number of aryl methyl sites for hydroxylation is 1. The molecule has 4 saturated carbocycles. The quantitative estimate of drug-likeness (QED) is 0.171. The van der Waals surface area contributed by atoms with Crippen molar-refractivity contribution in [1.29, 1.82) is 0 Å². The summed E-state index contributed by atoms with van der Waals surface area (Å²) in [6, 6.07) is 18.5. The van der Waals surface area contributed by atoms with Gasteiger partial charge in [0.25, 0.3) is 0 Å². The Morgan fingerprint density at radius 3 is 2.04 bits per heavy atom. The summed E-state index contributed by atoms with van der Waals surface area (Å²) in [5.74, 6) is 3.74. The van der Waals surface area contributed by atoms with Gasteiger partial charge in [0.1, 0.15) is 0 Å². The van der Waals surface area contributed by atoms with E-state index < -0.39 is 28.4 Å². The molecule has 1 aliphatic heterocycles. The van der Waals surface area contributed by atoms with Gasteiger partial charge in [-0.15, -0.1) is 0 Å². The molecule has 4 nitrogen and oxygen atoms in total. The molecule has 0 aromatic heterocycles. The van der Waals surface area contributed by atoms with Crippen molar-refractivity contribution in [2.75, 3.05) is 6.54 Å². The summed E-state index contributed by atoms with van der Waals surface area (Å²) in [4.78, 5) is 0.479. The van der Waals surface area contributed by atoms with Crippen LogP contribution in [0.5, 0.6) is 0 Å². The zero-order chi connectivity index (χ0) is 32.1. The van der Waals surface area contributed by atoms with Crippen LogP contribution in [0.2, 0.25) is 13.3 Å². The van der Waals surface area contributed by atoms with Crippen LogP contribution in [0.1, 0.15) is 83.3 Å². The number of rotatable bonds is 15. The van der Waals surface area contributed by atoms with Crippen molar-refractivity contribution in [1.82, 2.24) is 4.31 Å². The molecule has 7 rings (SSSR count). The fourth-order valence-corrected chi connectivity index (χ4v) is 28.5. The normalized spacial score (nSPS) is 33.8. The topological polar surface area (TPSA) is 46.6 Å². The van der Waals surface area contributed by atoms with E-state index in [9.17, 15) is 8.42 Å². The van der Waals surface area contributed by atoms with E-state index in [2.05, 4.69) is 59.5 Å². The molecule has 2 aromatic rings. The van der Waals surface area contributed by atoms with Crippen molar-refractivity contribution in [3.63, 3.8) is 0 Å². The molecular formula is C40H57NO3SSn. The standard InChI is InChI=1S/C28H30NO3S.3C4H9.Sn/c1-16-8-10-20(11-9-16)33(30,31)29-14-17(2)23-25-21-12-19-13-22(21)26(24(19)27(23)29)28(25)32-15-18-6-4-3-5-7-18;3*1-3-4-2;/h2-11,19,21-28H,12-15H2,1H3;3*1,3-4H2,2H3;/t19-,21?,22-,23+,24-,25+,26+,27+,28-;;;;/m1..../s1. The van der Waals surface area contributed by atoms with Crippen molar-refractivity contribution in [2.24, 2.45) is 41.4 Å². The molecule has 6 heteroatoms. The second-order valence-corrected chi connectivity index (χ2v) is 30.6. The van der Waals surface area contributed by atoms with Crippen LogP contribution in [-0.4, -0.2) is 49.8 Å². The third-order valence-electron chi connectivity index (χ3n) is 13.2. The molecule has 0 N–H and O–H groups in total. The van der Waals surface area contributed by atoms with Gasteiger partial charge in [-0.2, -0.15) is 0 Å². The Morgan fingerprint density at radius 1 is 0.826 bits per heavy atom. The first-order chi connectivity index (χ1) is 22.3. The molecular weight excluding hydrogens is 693 g/mol. The van der Waals surface area contributed by atoms with Gasteiger partial charge in [-0.1, -0.05) is 0 Å². The summed E-state index contributed by atoms with van der Waals surface area (Å²) >= 11 is -2.73. The molecule has 5 aliphatic rings. The second-order valence-electron chi connectivity index (χ2n) is 15.8. The Labute approximate surface area is 283 Å². The molecule has 9 atom stereocenters. The van der Waals surface area contributed by atoms with Crippen molar-refractivity contribution in [3.05, 3.63) is 75.4 Å². The van der Waals surface area contributed by atoms with Crippen LogP contribution in [-0.2, 0) is 21.4 Å². The fraction of sp³-hybridized carbons (Fsp3) is 0.650. The number of unbranched alkanes of at least 4 members (excludes halogenated alkanes) is 3. The van der Waals surface area contributed by atoms with Gasteiger partial charge in [0.05, 0.1) is 0 Å². The Morgan fingerprint density at radius 2 is 1.43 bits per heavy atom. The van der Waals surface area contributed by atoms with Crippen molar-refractivity contribution in [2.45, 2.75) is 116 Å². The van der Waals surface area contributed by atoms with Crippen LogP contribution < -0.4 is 0 Å². The van der Waals surface area contributed by atoms with Gasteiger partial charge < -0.3 is 0 Å². The minimum atomic E-state index is -3.61. The van der Waals surface area contributed by atoms with Gasteiger partial charge >= 0.3 is 285 Å². The van der Waals surface area contributed by atoms with E-state index in [4.69, 9.17) is 4.74 Å². The predicted octanol–water partition coefficient (Wildman–Crippen LogP) is 9.42. The number of ether oxygens (including phenoxy) is 1. The maximum atomic E-state index is 14.7. The van der Waals surface area contributed by atoms with Gasteiger partial charge in [-0.25, -0.2) is 0 Å². The monoisotopic (exact) mass is 751 g/mol. The maximum absolute atomic E-state index is 14.7. The molecule has 2 aromatic carbocycles. The van der Waals surface area contributed by atoms with E-state index in [1.54, 1.807) is 0 Å². The van der Waals surface area contributed by atoms with Gasteiger partial charge in [-0.3, -0.25) is 0 Å². The molecule has 46 heavy (non-hydrogen) atoms. The van der Waals surface area contributed by atoms with E-state index in [0.717, 1.165) is 5.56 Å². The summed E-state index contributed by atoms with van der Waals surface area (Å²) in [7, 11) is -3.61. The van der Waals surface area contributed by atoms with Crippen molar-refractivity contribution in [3.8, 4) is 0 Å². The van der Waals surface area contributed by atoms with E-state index in [1.165, 1.54) is 75.8 Å². The SMILES string of the molecule is CCC[CH2][Sn](/[CH]=C1\CN(S(=O)(=O)c2ccc(C)cc2)[C@H]2[C@@H]1[C@@H]1C3C[C@@H]4C[C@H]3[C@H]([C@@H]1OCc1ccccc1)[C@@H]42)([CH2]CCC)[CH2]CCC. The predicted molar refractivity (Wildman–Crippen MR) is 191 cm³/mol. The fourth-order valence-electron chi connectivity index (χ4n) is 11.4. The first kappa shape index (κ1) is 33.4. The van der Waals surface area contributed by atoms with Gasteiger partial charge in [0.15, 0.2) is 0 Å². The number of fused-ring (bicyclic) bond motifs is 7. The molecule has 5 fully saturated rings. The Hall–Kier alpha value is -1.15. The zero-order valence-corrected chi connectivity index (χ0v) is 32.4. The molecule has 0 radical (unpaired) electrons. The summed E-state index contributed by atoms with van der Waals surface area (Å²) in [6.07, 6.45) is 10.6. The van der Waals surface area contributed by atoms with E-state index in [0.29, 0.717) is 59.5 Å². The van der Waals surface area contributed by atoms with Crippen LogP contribution in [0.3, 0.4) is 0 Å². The first-order valence-electron chi connectivity index (χ1n) is 18.8. The average Bonchev–Trinajstić information content (AvgIpc) is 3.77.